The molecule has 0 aliphatic heterocycles. The average Bonchev–Trinajstić information content (AvgIpc) is 2.35. The molecule has 1 aromatic carbocycles. The monoisotopic (exact) mass is 308 g/mol. The first-order valence-corrected chi connectivity index (χ1v) is 5.92. The van der Waals surface area contributed by atoms with Gasteiger partial charge in [-0.3, -0.25) is 4.79 Å². The molecule has 0 bridgehead atoms. The van der Waals surface area contributed by atoms with Crippen LogP contribution >= 0.6 is 24.0 Å². The van der Waals surface area contributed by atoms with E-state index in [2.05, 4.69) is 5.32 Å². The quantitative estimate of drug-likeness (QED) is 0.743. The molecule has 0 saturated carbocycles. The summed E-state index contributed by atoms with van der Waals surface area (Å²) in [5.41, 5.74) is 5.55. The zero-order valence-corrected chi connectivity index (χ0v) is 12.2. The van der Waals surface area contributed by atoms with Gasteiger partial charge in [-0.05, 0) is 18.2 Å². The molecular formula is C12H18Cl2N2O3. The van der Waals surface area contributed by atoms with Gasteiger partial charge in [-0.2, -0.15) is 0 Å². The van der Waals surface area contributed by atoms with Gasteiger partial charge in [-0.15, -0.1) is 12.4 Å². The zero-order chi connectivity index (χ0) is 13.4. The molecule has 0 heterocycles. The van der Waals surface area contributed by atoms with E-state index in [4.69, 9.17) is 26.8 Å². The maximum absolute atomic E-state index is 11.4. The summed E-state index contributed by atoms with van der Waals surface area (Å²) in [4.78, 5) is 11.4. The Bertz CT molecular complexity index is 391. The molecule has 0 spiro atoms. The number of nitrogens with one attached hydrogen (secondary N) is 1. The number of rotatable bonds is 7. The smallest absolute Gasteiger partial charge is 0.239 e. The van der Waals surface area contributed by atoms with Gasteiger partial charge in [0.05, 0.1) is 13.2 Å². The maximum atomic E-state index is 11.4. The predicted octanol–water partition coefficient (Wildman–Crippen LogP) is 1.23. The molecule has 0 aromatic heterocycles. The zero-order valence-electron chi connectivity index (χ0n) is 10.6. The molecule has 108 valence electrons. The van der Waals surface area contributed by atoms with Crippen LogP contribution in [0.2, 0.25) is 5.02 Å². The predicted molar refractivity (Wildman–Crippen MR) is 77.1 cm³/mol. The number of halogens is 2. The Morgan fingerprint density at radius 3 is 2.89 bits per heavy atom. The third kappa shape index (κ3) is 7.22. The summed E-state index contributed by atoms with van der Waals surface area (Å²) < 4.78 is 10.2. The number of methoxy groups -OCH3 is 1. The number of nitrogens with two attached hydrogens (primary N) is 1. The molecule has 0 saturated heterocycles. The first kappa shape index (κ1) is 18.0. The van der Waals surface area contributed by atoms with Crippen molar-refractivity contribution >= 4 is 29.9 Å². The molecule has 1 unspecified atom stereocenters. The van der Waals surface area contributed by atoms with E-state index in [1.807, 2.05) is 0 Å². The van der Waals surface area contributed by atoms with E-state index in [-0.39, 0.29) is 24.9 Å². The summed E-state index contributed by atoms with van der Waals surface area (Å²) in [5, 5.41) is 3.26. The minimum Gasteiger partial charge on any atom is -0.492 e. The van der Waals surface area contributed by atoms with E-state index >= 15 is 0 Å². The third-order valence-corrected chi connectivity index (χ3v) is 2.38. The van der Waals surface area contributed by atoms with Crippen molar-refractivity contribution in [3.63, 3.8) is 0 Å². The number of carbonyl (C=O) groups excluding carboxylic acids is 1. The number of amides is 1. The van der Waals surface area contributed by atoms with E-state index in [9.17, 15) is 4.79 Å². The summed E-state index contributed by atoms with van der Waals surface area (Å²) in [7, 11) is 1.50. The lowest BCUT2D eigenvalue weighted by Gasteiger charge is -2.11. The first-order chi connectivity index (χ1) is 8.63. The van der Waals surface area contributed by atoms with Gasteiger partial charge >= 0.3 is 0 Å². The van der Waals surface area contributed by atoms with Gasteiger partial charge in [-0.1, -0.05) is 17.7 Å². The van der Waals surface area contributed by atoms with Crippen molar-refractivity contribution in [2.24, 2.45) is 5.73 Å². The van der Waals surface area contributed by atoms with Crippen molar-refractivity contribution in [1.29, 1.82) is 0 Å². The fraction of sp³-hybridized carbons (Fsp3) is 0.417. The van der Waals surface area contributed by atoms with Gasteiger partial charge in [0.25, 0.3) is 0 Å². The van der Waals surface area contributed by atoms with Gasteiger partial charge < -0.3 is 20.5 Å². The molecule has 1 aromatic rings. The van der Waals surface area contributed by atoms with Crippen LogP contribution in [0.25, 0.3) is 0 Å². The molecule has 7 heteroatoms. The molecule has 1 amide bonds. The Labute approximate surface area is 123 Å². The molecule has 19 heavy (non-hydrogen) atoms. The van der Waals surface area contributed by atoms with Crippen LogP contribution in [0.4, 0.5) is 0 Å². The molecule has 3 N–H and O–H groups in total. The Hall–Kier alpha value is -1.01. The summed E-state index contributed by atoms with van der Waals surface area (Å²) in [6.07, 6.45) is 0. The van der Waals surface area contributed by atoms with E-state index in [1.54, 1.807) is 24.3 Å². The summed E-state index contributed by atoms with van der Waals surface area (Å²) in [5.74, 6) is 0.407. The fourth-order valence-corrected chi connectivity index (χ4v) is 1.47. The van der Waals surface area contributed by atoms with Gasteiger partial charge in [0, 0.05) is 12.1 Å². The summed E-state index contributed by atoms with van der Waals surface area (Å²) in [6.45, 7) is 0.926. The summed E-state index contributed by atoms with van der Waals surface area (Å²) >= 11 is 5.80. The van der Waals surface area contributed by atoms with E-state index < -0.39 is 6.04 Å². The Morgan fingerprint density at radius 2 is 2.26 bits per heavy atom. The van der Waals surface area contributed by atoms with Gasteiger partial charge in [0.15, 0.2) is 0 Å². The van der Waals surface area contributed by atoms with Gasteiger partial charge in [-0.25, -0.2) is 0 Å². The number of ether oxygens (including phenoxy) is 2. The number of hydrogen-bond donors (Lipinski definition) is 2. The second-order valence-corrected chi connectivity index (χ2v) is 4.10. The van der Waals surface area contributed by atoms with Crippen LogP contribution in [0.3, 0.4) is 0 Å². The molecule has 0 aliphatic carbocycles. The standard InChI is InChI=1S/C12H17ClN2O3.ClH/c1-17-8-11(14)12(16)15-5-6-18-10-4-2-3-9(13)7-10;/h2-4,7,11H,5-6,8,14H2,1H3,(H,15,16);1H. The van der Waals surface area contributed by atoms with Crippen molar-refractivity contribution in [2.45, 2.75) is 6.04 Å². The van der Waals surface area contributed by atoms with Crippen LogP contribution in [0.5, 0.6) is 5.75 Å². The highest BCUT2D eigenvalue weighted by Crippen LogP contribution is 2.16. The Kier molecular flexibility index (Phi) is 9.34. The minimum absolute atomic E-state index is 0. The fourth-order valence-electron chi connectivity index (χ4n) is 1.29. The SMILES string of the molecule is COCC(N)C(=O)NCCOc1cccc(Cl)c1.Cl. The second kappa shape index (κ2) is 9.86. The molecule has 0 aliphatic rings. The highest BCUT2D eigenvalue weighted by Gasteiger charge is 2.11. The highest BCUT2D eigenvalue weighted by atomic mass is 35.5. The lowest BCUT2D eigenvalue weighted by molar-refractivity contribution is -0.123. The van der Waals surface area contributed by atoms with Crippen molar-refractivity contribution in [3.05, 3.63) is 29.3 Å². The van der Waals surface area contributed by atoms with Crippen molar-refractivity contribution in [2.75, 3.05) is 26.9 Å². The van der Waals surface area contributed by atoms with Crippen LogP contribution in [0, 0.1) is 0 Å². The van der Waals surface area contributed by atoms with Crippen molar-refractivity contribution in [1.82, 2.24) is 5.32 Å². The van der Waals surface area contributed by atoms with Crippen LogP contribution < -0.4 is 15.8 Å². The molecule has 0 fully saturated rings. The largest absolute Gasteiger partial charge is 0.492 e. The third-order valence-electron chi connectivity index (χ3n) is 2.15. The van der Waals surface area contributed by atoms with Crippen LogP contribution in [0.1, 0.15) is 0 Å². The number of hydrogen-bond acceptors (Lipinski definition) is 4. The van der Waals surface area contributed by atoms with E-state index in [1.165, 1.54) is 7.11 Å². The normalized spacial score (nSPS) is 11.3. The van der Waals surface area contributed by atoms with E-state index in [0.717, 1.165) is 0 Å². The topological polar surface area (TPSA) is 73.6 Å². The maximum Gasteiger partial charge on any atom is 0.239 e. The van der Waals surface area contributed by atoms with Crippen LogP contribution in [0.15, 0.2) is 24.3 Å². The van der Waals surface area contributed by atoms with Gasteiger partial charge in [0.1, 0.15) is 18.4 Å². The molecular weight excluding hydrogens is 291 g/mol. The lowest BCUT2D eigenvalue weighted by atomic mass is 10.3. The van der Waals surface area contributed by atoms with Crippen LogP contribution in [-0.2, 0) is 9.53 Å². The molecule has 1 rings (SSSR count). The minimum atomic E-state index is -0.652. The second-order valence-electron chi connectivity index (χ2n) is 3.66. The highest BCUT2D eigenvalue weighted by molar-refractivity contribution is 6.30. The van der Waals surface area contributed by atoms with E-state index in [0.29, 0.717) is 23.9 Å². The molecule has 1 atom stereocenters. The van der Waals surface area contributed by atoms with Crippen LogP contribution in [-0.4, -0.2) is 38.8 Å². The first-order valence-electron chi connectivity index (χ1n) is 5.54. The van der Waals surface area contributed by atoms with Gasteiger partial charge in [0.2, 0.25) is 5.91 Å². The molecule has 5 nitrogen and oxygen atoms in total. The average molecular weight is 309 g/mol. The Morgan fingerprint density at radius 1 is 1.53 bits per heavy atom. The summed E-state index contributed by atoms with van der Waals surface area (Å²) in [6, 6.07) is 6.41. The van der Waals surface area contributed by atoms with Crippen molar-refractivity contribution in [3.8, 4) is 5.75 Å². The lowest BCUT2D eigenvalue weighted by Crippen LogP contribution is -2.44. The number of benzene rings is 1. The number of carbonyl (C=O) groups is 1. The molecule has 0 radical (unpaired) electrons. The van der Waals surface area contributed by atoms with Crippen molar-refractivity contribution < 1.29 is 14.3 Å². The Balaban J connectivity index is 0.00000324.